The molecule has 112 valence electrons. The summed E-state index contributed by atoms with van der Waals surface area (Å²) in [6.07, 6.45) is 1.70. The maximum Gasteiger partial charge on any atom is 0.188 e. The van der Waals surface area contributed by atoms with Gasteiger partial charge in [0.25, 0.3) is 0 Å². The third-order valence-corrected chi connectivity index (χ3v) is 3.80. The maximum atomic E-state index is 9.47. The molecule has 6 heteroatoms. The molecule has 0 amide bonds. The average molecular weight is 313 g/mol. The molecular formula is C16H15N3O2S. The maximum absolute atomic E-state index is 9.47. The van der Waals surface area contributed by atoms with Gasteiger partial charge in [0.1, 0.15) is 12.4 Å². The molecular weight excluding hydrogens is 298 g/mol. The summed E-state index contributed by atoms with van der Waals surface area (Å²) in [6.45, 7) is 2.30. The Bertz CT molecular complexity index is 773. The fourth-order valence-electron chi connectivity index (χ4n) is 1.92. The molecule has 3 rings (SSSR count). The van der Waals surface area contributed by atoms with Crippen LogP contribution in [0.15, 0.2) is 48.0 Å². The van der Waals surface area contributed by atoms with Crippen LogP contribution in [0.5, 0.6) is 11.5 Å². The quantitative estimate of drug-likeness (QED) is 0.748. The molecule has 1 aromatic carbocycles. The number of rotatable bonds is 5. The van der Waals surface area contributed by atoms with E-state index in [-0.39, 0.29) is 5.75 Å². The minimum atomic E-state index is 0.226. The van der Waals surface area contributed by atoms with E-state index in [1.54, 1.807) is 24.4 Å². The molecule has 2 heterocycles. The second-order valence-electron chi connectivity index (χ2n) is 4.73. The van der Waals surface area contributed by atoms with Gasteiger partial charge in [0.15, 0.2) is 16.7 Å². The number of hydrogen-bond acceptors (Lipinski definition) is 6. The molecule has 0 radical (unpaired) electrons. The Morgan fingerprint density at radius 1 is 1.27 bits per heavy atom. The van der Waals surface area contributed by atoms with Crippen LogP contribution in [0, 0.1) is 6.92 Å². The summed E-state index contributed by atoms with van der Waals surface area (Å²) in [6, 6.07) is 10.6. The van der Waals surface area contributed by atoms with E-state index in [0.29, 0.717) is 18.2 Å². The van der Waals surface area contributed by atoms with E-state index in [2.05, 4.69) is 15.3 Å². The number of nitrogens with zero attached hydrogens (tertiary/aromatic N) is 2. The van der Waals surface area contributed by atoms with Gasteiger partial charge < -0.3 is 15.2 Å². The largest absolute Gasteiger partial charge is 0.508 e. The van der Waals surface area contributed by atoms with Gasteiger partial charge in [-0.15, -0.1) is 11.3 Å². The lowest BCUT2D eigenvalue weighted by molar-refractivity contribution is 0.306. The zero-order valence-corrected chi connectivity index (χ0v) is 12.8. The van der Waals surface area contributed by atoms with E-state index in [4.69, 9.17) is 4.74 Å². The molecule has 0 aliphatic rings. The molecule has 0 spiro atoms. The second-order valence-corrected chi connectivity index (χ2v) is 5.59. The van der Waals surface area contributed by atoms with Crippen molar-refractivity contribution in [2.24, 2.45) is 0 Å². The number of aromatic hydroxyl groups is 1. The zero-order valence-electron chi connectivity index (χ0n) is 12.0. The van der Waals surface area contributed by atoms with Crippen molar-refractivity contribution in [2.45, 2.75) is 13.5 Å². The summed E-state index contributed by atoms with van der Waals surface area (Å²) >= 11 is 1.52. The Hall–Kier alpha value is -2.60. The Labute approximate surface area is 132 Å². The van der Waals surface area contributed by atoms with Crippen LogP contribution in [0.3, 0.4) is 0 Å². The summed E-state index contributed by atoms with van der Waals surface area (Å²) < 4.78 is 5.80. The molecule has 0 fully saturated rings. The predicted molar refractivity (Wildman–Crippen MR) is 86.8 cm³/mol. The molecule has 22 heavy (non-hydrogen) atoms. The van der Waals surface area contributed by atoms with Crippen LogP contribution in [0.25, 0.3) is 0 Å². The van der Waals surface area contributed by atoms with Crippen molar-refractivity contribution in [3.05, 3.63) is 59.2 Å². The molecule has 0 saturated carbocycles. The van der Waals surface area contributed by atoms with Crippen molar-refractivity contribution in [3.63, 3.8) is 0 Å². The number of thiazole rings is 1. The number of hydrogen-bond donors (Lipinski definition) is 2. The first-order valence-electron chi connectivity index (χ1n) is 6.75. The Morgan fingerprint density at radius 2 is 2.18 bits per heavy atom. The van der Waals surface area contributed by atoms with Crippen molar-refractivity contribution in [1.29, 1.82) is 0 Å². The van der Waals surface area contributed by atoms with Gasteiger partial charge in [-0.3, -0.25) is 0 Å². The molecule has 5 nitrogen and oxygen atoms in total. The minimum Gasteiger partial charge on any atom is -0.508 e. The number of phenolic OH excluding ortho intramolecular Hbond substituents is 1. The lowest BCUT2D eigenvalue weighted by atomic mass is 10.2. The summed E-state index contributed by atoms with van der Waals surface area (Å²) in [5, 5.41) is 15.4. The van der Waals surface area contributed by atoms with Crippen LogP contribution in [0.1, 0.15) is 11.3 Å². The Balaban J connectivity index is 1.73. The van der Waals surface area contributed by atoms with Gasteiger partial charge in [-0.2, -0.15) is 0 Å². The van der Waals surface area contributed by atoms with E-state index < -0.39 is 0 Å². The number of ether oxygens (including phenoxy) is 1. The van der Waals surface area contributed by atoms with E-state index in [0.717, 1.165) is 16.4 Å². The molecule has 3 aromatic rings. The molecule has 0 aliphatic carbocycles. The van der Waals surface area contributed by atoms with Gasteiger partial charge in [0, 0.05) is 11.6 Å². The first kappa shape index (κ1) is 14.3. The lowest BCUT2D eigenvalue weighted by Crippen LogP contribution is -2.00. The van der Waals surface area contributed by atoms with Crippen molar-refractivity contribution >= 4 is 22.3 Å². The van der Waals surface area contributed by atoms with Crippen molar-refractivity contribution in [2.75, 3.05) is 5.32 Å². The second kappa shape index (κ2) is 6.44. The lowest BCUT2D eigenvalue weighted by Gasteiger charge is -2.11. The third kappa shape index (κ3) is 3.53. The number of aryl methyl sites for hydroxylation is 1. The number of anilines is 2. The topological polar surface area (TPSA) is 67.3 Å². The van der Waals surface area contributed by atoms with Gasteiger partial charge in [-0.25, -0.2) is 9.97 Å². The van der Waals surface area contributed by atoms with Crippen LogP contribution in [0.2, 0.25) is 0 Å². The molecule has 2 aromatic heterocycles. The van der Waals surface area contributed by atoms with Crippen molar-refractivity contribution < 1.29 is 9.84 Å². The smallest absolute Gasteiger partial charge is 0.188 e. The summed E-state index contributed by atoms with van der Waals surface area (Å²) in [4.78, 5) is 8.65. The van der Waals surface area contributed by atoms with E-state index >= 15 is 0 Å². The molecule has 0 bridgehead atoms. The first-order chi connectivity index (χ1) is 10.7. The fourth-order valence-corrected chi connectivity index (χ4v) is 2.61. The predicted octanol–water partition coefficient (Wildman–Crippen LogP) is 3.87. The van der Waals surface area contributed by atoms with Crippen LogP contribution < -0.4 is 10.1 Å². The number of benzene rings is 1. The summed E-state index contributed by atoms with van der Waals surface area (Å²) in [5.41, 5.74) is 1.85. The standard InChI is InChI=1S/C16H15N3O2S/c1-11-10-22-16(18-11)19-15-14(6-3-7-17-15)21-9-12-4-2-5-13(20)8-12/h2-8,10,20H,9H2,1H3,(H,17,18,19). The van der Waals surface area contributed by atoms with E-state index in [1.165, 1.54) is 11.3 Å². The van der Waals surface area contributed by atoms with E-state index in [1.807, 2.05) is 30.5 Å². The monoisotopic (exact) mass is 313 g/mol. The molecule has 0 atom stereocenters. The van der Waals surface area contributed by atoms with Gasteiger partial charge in [-0.1, -0.05) is 12.1 Å². The third-order valence-electron chi connectivity index (χ3n) is 2.92. The number of phenols is 1. The van der Waals surface area contributed by atoms with Crippen LogP contribution in [-0.4, -0.2) is 15.1 Å². The molecule has 0 aliphatic heterocycles. The highest BCUT2D eigenvalue weighted by atomic mass is 32.1. The van der Waals surface area contributed by atoms with Crippen LogP contribution >= 0.6 is 11.3 Å². The van der Waals surface area contributed by atoms with Gasteiger partial charge in [-0.05, 0) is 36.8 Å². The van der Waals surface area contributed by atoms with Crippen LogP contribution in [0.4, 0.5) is 10.9 Å². The number of pyridine rings is 1. The number of aromatic nitrogens is 2. The Kier molecular flexibility index (Phi) is 4.20. The molecule has 2 N–H and O–H groups in total. The minimum absolute atomic E-state index is 0.226. The number of nitrogens with one attached hydrogen (secondary N) is 1. The van der Waals surface area contributed by atoms with Crippen molar-refractivity contribution in [1.82, 2.24) is 9.97 Å². The zero-order chi connectivity index (χ0) is 15.4. The Morgan fingerprint density at radius 3 is 2.95 bits per heavy atom. The summed E-state index contributed by atoms with van der Waals surface area (Å²) in [7, 11) is 0. The average Bonchev–Trinajstić information content (AvgIpc) is 2.92. The van der Waals surface area contributed by atoms with Crippen molar-refractivity contribution in [3.8, 4) is 11.5 Å². The fraction of sp³-hybridized carbons (Fsp3) is 0.125. The van der Waals surface area contributed by atoms with Gasteiger partial charge >= 0.3 is 0 Å². The molecule has 0 saturated heterocycles. The summed E-state index contributed by atoms with van der Waals surface area (Å²) in [5.74, 6) is 1.49. The molecule has 0 unspecified atom stereocenters. The highest BCUT2D eigenvalue weighted by Gasteiger charge is 2.07. The van der Waals surface area contributed by atoms with E-state index in [9.17, 15) is 5.11 Å². The first-order valence-corrected chi connectivity index (χ1v) is 7.63. The highest BCUT2D eigenvalue weighted by Crippen LogP contribution is 2.27. The SMILES string of the molecule is Cc1csc(Nc2ncccc2OCc2cccc(O)c2)n1. The van der Waals surface area contributed by atoms with Gasteiger partial charge in [0.05, 0.1) is 5.69 Å². The van der Waals surface area contributed by atoms with Crippen LogP contribution in [-0.2, 0) is 6.61 Å². The normalized spacial score (nSPS) is 10.4. The van der Waals surface area contributed by atoms with Gasteiger partial charge in [0.2, 0.25) is 0 Å². The highest BCUT2D eigenvalue weighted by molar-refractivity contribution is 7.13.